The molecule has 1 atom stereocenters. The number of nitrogens with one attached hydrogen (secondary N) is 2. The molecule has 1 spiro atoms. The van der Waals surface area contributed by atoms with Gasteiger partial charge in [-0.1, -0.05) is 0 Å². The van der Waals surface area contributed by atoms with E-state index in [2.05, 4.69) is 36.4 Å². The summed E-state index contributed by atoms with van der Waals surface area (Å²) in [5, 5.41) is 7.07. The van der Waals surface area contributed by atoms with Crippen molar-refractivity contribution in [1.29, 1.82) is 0 Å². The molecule has 2 aliphatic rings. The predicted octanol–water partition coefficient (Wildman–Crippen LogP) is 3.77. The molecule has 142 valence electrons. The highest BCUT2D eigenvalue weighted by atomic mass is 32.1. The van der Waals surface area contributed by atoms with E-state index in [1.54, 1.807) is 17.5 Å². The Hall–Kier alpha value is -2.41. The lowest BCUT2D eigenvalue weighted by molar-refractivity contribution is 0.0794. The number of aryl methyl sites for hydroxylation is 1. The van der Waals surface area contributed by atoms with Crippen molar-refractivity contribution >= 4 is 34.6 Å². The third-order valence-corrected chi connectivity index (χ3v) is 5.82. The highest BCUT2D eigenvalue weighted by Crippen LogP contribution is 2.36. The lowest BCUT2D eigenvalue weighted by Gasteiger charge is -2.39. The second-order valence-corrected chi connectivity index (χ2v) is 9.54. The number of nitrogens with zero attached hydrogens (tertiary/aromatic N) is 3. The highest BCUT2D eigenvalue weighted by molar-refractivity contribution is 7.13. The molecule has 1 unspecified atom stereocenters. The molecule has 2 N–H and O–H groups in total. The van der Waals surface area contributed by atoms with Crippen LogP contribution in [-0.4, -0.2) is 45.8 Å². The maximum atomic E-state index is 13.0. The van der Waals surface area contributed by atoms with Gasteiger partial charge >= 0.3 is 0 Å². The standard InChI is InChI=1S/C20H25N5OS/c1-13-7-8-15(27-13)17(26)25-11-9-20(12-25)18(24-19(2,3)4)22-16-14(23-20)6-5-10-21-16/h5-8,10,23H,9,11-12H2,1-4H3,(H,21,22,24). The van der Waals surface area contributed by atoms with Gasteiger partial charge in [0, 0.05) is 17.6 Å². The Morgan fingerprint density at radius 3 is 2.85 bits per heavy atom. The first kappa shape index (κ1) is 18.0. The van der Waals surface area contributed by atoms with Gasteiger partial charge in [0.05, 0.1) is 22.6 Å². The number of carbonyl (C=O) groups is 1. The van der Waals surface area contributed by atoms with Gasteiger partial charge in [0.2, 0.25) is 0 Å². The van der Waals surface area contributed by atoms with Crippen molar-refractivity contribution in [3.8, 4) is 0 Å². The number of amidine groups is 1. The number of rotatable bonds is 1. The van der Waals surface area contributed by atoms with Crippen LogP contribution in [0.3, 0.4) is 0 Å². The van der Waals surface area contributed by atoms with Gasteiger partial charge in [-0.2, -0.15) is 0 Å². The van der Waals surface area contributed by atoms with E-state index < -0.39 is 5.54 Å². The minimum atomic E-state index is -0.411. The molecule has 2 aliphatic heterocycles. The van der Waals surface area contributed by atoms with Crippen molar-refractivity contribution in [2.75, 3.05) is 23.7 Å². The van der Waals surface area contributed by atoms with Crippen molar-refractivity contribution in [2.24, 2.45) is 4.99 Å². The number of amides is 1. The van der Waals surface area contributed by atoms with Gasteiger partial charge in [-0.25, -0.2) is 4.98 Å². The molecule has 2 aromatic heterocycles. The molecule has 2 aromatic rings. The summed E-state index contributed by atoms with van der Waals surface area (Å²) in [6, 6.07) is 7.85. The molecule has 0 saturated carbocycles. The summed E-state index contributed by atoms with van der Waals surface area (Å²) in [6.07, 6.45) is 2.57. The smallest absolute Gasteiger partial charge is 0.264 e. The fraction of sp³-hybridized carbons (Fsp3) is 0.450. The largest absolute Gasteiger partial charge is 0.368 e. The second kappa shape index (κ2) is 6.34. The lowest BCUT2D eigenvalue weighted by Crippen LogP contribution is -2.55. The second-order valence-electron chi connectivity index (χ2n) is 8.25. The molecule has 0 bridgehead atoms. The zero-order valence-corrected chi connectivity index (χ0v) is 17.0. The quantitative estimate of drug-likeness (QED) is 0.786. The number of anilines is 2. The summed E-state index contributed by atoms with van der Waals surface area (Å²) in [7, 11) is 0. The van der Waals surface area contributed by atoms with Crippen molar-refractivity contribution in [2.45, 2.75) is 45.2 Å². The van der Waals surface area contributed by atoms with Gasteiger partial charge < -0.3 is 15.5 Å². The number of hydrogen-bond donors (Lipinski definition) is 2. The number of hydrogen-bond acceptors (Lipinski definition) is 5. The molecule has 6 nitrogen and oxygen atoms in total. The number of likely N-dealkylation sites (tertiary alicyclic amines) is 1. The van der Waals surface area contributed by atoms with Crippen LogP contribution in [-0.2, 0) is 0 Å². The van der Waals surface area contributed by atoms with Crippen molar-refractivity contribution < 1.29 is 4.79 Å². The van der Waals surface area contributed by atoms with Gasteiger partial charge in [0.25, 0.3) is 5.91 Å². The average Bonchev–Trinajstić information content (AvgIpc) is 3.21. The summed E-state index contributed by atoms with van der Waals surface area (Å²) in [4.78, 5) is 26.2. The molecule has 27 heavy (non-hydrogen) atoms. The van der Waals surface area contributed by atoms with Crippen LogP contribution >= 0.6 is 11.3 Å². The van der Waals surface area contributed by atoms with Crippen LogP contribution in [0.2, 0.25) is 0 Å². The van der Waals surface area contributed by atoms with E-state index >= 15 is 0 Å². The number of aromatic nitrogens is 1. The summed E-state index contributed by atoms with van der Waals surface area (Å²) >= 11 is 1.55. The zero-order chi connectivity index (χ0) is 19.2. The predicted molar refractivity (Wildman–Crippen MR) is 111 cm³/mol. The molecule has 4 heterocycles. The first-order valence-electron chi connectivity index (χ1n) is 9.22. The van der Waals surface area contributed by atoms with Crippen molar-refractivity contribution in [3.63, 3.8) is 0 Å². The van der Waals surface area contributed by atoms with Crippen molar-refractivity contribution in [1.82, 2.24) is 9.88 Å². The maximum Gasteiger partial charge on any atom is 0.264 e. The van der Waals surface area contributed by atoms with Gasteiger partial charge in [-0.05, 0) is 58.4 Å². The molecular weight excluding hydrogens is 358 g/mol. The first-order chi connectivity index (χ1) is 12.8. The Morgan fingerprint density at radius 1 is 1.33 bits per heavy atom. The number of aliphatic imine (C=N–C) groups is 1. The van der Waals surface area contributed by atoms with Gasteiger partial charge in [-0.15, -0.1) is 11.3 Å². The molecule has 1 saturated heterocycles. The Labute approximate surface area is 163 Å². The maximum absolute atomic E-state index is 13.0. The molecule has 1 amide bonds. The number of pyridine rings is 1. The number of fused-ring (bicyclic) bond motifs is 1. The summed E-state index contributed by atoms with van der Waals surface area (Å²) in [5.41, 5.74) is 0.309. The van der Waals surface area contributed by atoms with Crippen LogP contribution in [0.25, 0.3) is 0 Å². The highest BCUT2D eigenvalue weighted by Gasteiger charge is 2.47. The summed E-state index contributed by atoms with van der Waals surface area (Å²) in [6.45, 7) is 9.54. The van der Waals surface area contributed by atoms with Gasteiger partial charge in [-0.3, -0.25) is 9.79 Å². The Bertz CT molecular complexity index is 913. The molecule has 1 fully saturated rings. The molecule has 7 heteroatoms. The van der Waals surface area contributed by atoms with Crippen LogP contribution in [0, 0.1) is 6.92 Å². The van der Waals surface area contributed by atoms with Gasteiger partial charge in [0.1, 0.15) is 11.4 Å². The first-order valence-corrected chi connectivity index (χ1v) is 10.0. The van der Waals surface area contributed by atoms with E-state index in [4.69, 9.17) is 4.99 Å². The topological polar surface area (TPSA) is 69.6 Å². The van der Waals surface area contributed by atoms with E-state index in [9.17, 15) is 4.79 Å². The summed E-state index contributed by atoms with van der Waals surface area (Å²) in [5.74, 6) is 1.74. The molecule has 4 rings (SSSR count). The third kappa shape index (κ3) is 3.43. The minimum Gasteiger partial charge on any atom is -0.368 e. The summed E-state index contributed by atoms with van der Waals surface area (Å²) < 4.78 is 0. The normalized spacial score (nSPS) is 23.3. The fourth-order valence-electron chi connectivity index (χ4n) is 3.61. The van der Waals surface area contributed by atoms with Crippen LogP contribution in [0.4, 0.5) is 11.5 Å². The monoisotopic (exact) mass is 383 g/mol. The number of thiophene rings is 1. The Morgan fingerprint density at radius 2 is 2.15 bits per heavy atom. The lowest BCUT2D eigenvalue weighted by atomic mass is 9.93. The Kier molecular flexibility index (Phi) is 4.22. The van der Waals surface area contributed by atoms with Crippen LogP contribution in [0.15, 0.2) is 35.5 Å². The zero-order valence-electron chi connectivity index (χ0n) is 16.2. The van der Waals surface area contributed by atoms with E-state index in [-0.39, 0.29) is 11.4 Å². The molecule has 0 aliphatic carbocycles. The fourth-order valence-corrected chi connectivity index (χ4v) is 4.44. The average molecular weight is 384 g/mol. The molecule has 0 radical (unpaired) electrons. The van der Waals surface area contributed by atoms with E-state index in [0.717, 1.165) is 33.5 Å². The third-order valence-electron chi connectivity index (χ3n) is 4.83. The molecule has 0 aromatic carbocycles. The van der Waals surface area contributed by atoms with E-state index in [1.807, 2.05) is 36.1 Å². The SMILES string of the molecule is Cc1ccc(C(=O)N2CCC3(C2)Nc2cccnc2NC3=NC(C)(C)C)s1. The van der Waals surface area contributed by atoms with E-state index in [0.29, 0.717) is 13.1 Å². The van der Waals surface area contributed by atoms with Gasteiger partial charge in [0.15, 0.2) is 5.82 Å². The minimum absolute atomic E-state index is 0.0962. The number of carbonyl (C=O) groups excluding carboxylic acids is 1. The Balaban J connectivity index is 1.67. The van der Waals surface area contributed by atoms with Crippen LogP contribution < -0.4 is 10.6 Å². The van der Waals surface area contributed by atoms with Crippen LogP contribution in [0.1, 0.15) is 41.7 Å². The van der Waals surface area contributed by atoms with Crippen molar-refractivity contribution in [3.05, 3.63) is 40.2 Å². The van der Waals surface area contributed by atoms with Crippen LogP contribution in [0.5, 0.6) is 0 Å². The molecular formula is C20H25N5OS. The van der Waals surface area contributed by atoms with E-state index in [1.165, 1.54) is 0 Å².